The summed E-state index contributed by atoms with van der Waals surface area (Å²) in [7, 11) is 0. The molecule has 1 aromatic carbocycles. The molecule has 2 heterocycles. The standard InChI is InChI=1S/C18H22N4O2/c1-12-5-7-14(8-6-12)21-18-20-13(2)10-16(22-18)17(23)19-11-15-4-3-9-24-15/h5-8,10,15H,3-4,9,11H2,1-2H3,(H,19,23)(H,20,21,22). The van der Waals surface area contributed by atoms with Crippen molar-refractivity contribution in [3.05, 3.63) is 47.3 Å². The van der Waals surface area contributed by atoms with E-state index in [2.05, 4.69) is 20.6 Å². The molecule has 0 saturated carbocycles. The first-order valence-electron chi connectivity index (χ1n) is 8.19. The second-order valence-electron chi connectivity index (χ2n) is 6.05. The predicted molar refractivity (Wildman–Crippen MR) is 92.5 cm³/mol. The molecule has 1 aliphatic rings. The summed E-state index contributed by atoms with van der Waals surface area (Å²) in [5.74, 6) is 0.212. The van der Waals surface area contributed by atoms with Crippen LogP contribution in [-0.2, 0) is 4.74 Å². The Morgan fingerprint density at radius 3 is 2.75 bits per heavy atom. The van der Waals surface area contributed by atoms with Gasteiger partial charge in [0.05, 0.1) is 6.10 Å². The number of anilines is 2. The lowest BCUT2D eigenvalue weighted by atomic mass is 10.2. The molecule has 0 bridgehead atoms. The van der Waals surface area contributed by atoms with E-state index in [1.54, 1.807) is 6.07 Å². The minimum absolute atomic E-state index is 0.113. The lowest BCUT2D eigenvalue weighted by Gasteiger charge is -2.11. The Kier molecular flexibility index (Phi) is 5.05. The van der Waals surface area contributed by atoms with Gasteiger partial charge in [0, 0.05) is 24.5 Å². The first-order valence-corrected chi connectivity index (χ1v) is 8.19. The average molecular weight is 326 g/mol. The maximum absolute atomic E-state index is 12.3. The molecule has 6 nitrogen and oxygen atoms in total. The van der Waals surface area contributed by atoms with Crippen LogP contribution in [0.1, 0.15) is 34.6 Å². The number of carbonyl (C=O) groups is 1. The Labute approximate surface area is 141 Å². The molecular weight excluding hydrogens is 304 g/mol. The van der Waals surface area contributed by atoms with E-state index in [0.29, 0.717) is 18.2 Å². The SMILES string of the molecule is Cc1ccc(Nc2nc(C)cc(C(=O)NCC3CCCO3)n2)cc1. The fourth-order valence-corrected chi connectivity index (χ4v) is 2.61. The van der Waals surface area contributed by atoms with Crippen LogP contribution in [0, 0.1) is 13.8 Å². The quantitative estimate of drug-likeness (QED) is 0.883. The molecule has 24 heavy (non-hydrogen) atoms. The fourth-order valence-electron chi connectivity index (χ4n) is 2.61. The van der Waals surface area contributed by atoms with Crippen LogP contribution < -0.4 is 10.6 Å². The van der Waals surface area contributed by atoms with Gasteiger partial charge in [-0.25, -0.2) is 9.97 Å². The summed E-state index contributed by atoms with van der Waals surface area (Å²) >= 11 is 0. The molecule has 2 aromatic rings. The average Bonchev–Trinajstić information content (AvgIpc) is 3.08. The zero-order valence-corrected chi connectivity index (χ0v) is 14.0. The Bertz CT molecular complexity index is 709. The summed E-state index contributed by atoms with van der Waals surface area (Å²) in [6.07, 6.45) is 2.16. The van der Waals surface area contributed by atoms with Gasteiger partial charge in [0.25, 0.3) is 5.91 Å². The van der Waals surface area contributed by atoms with Gasteiger partial charge in [0.1, 0.15) is 5.69 Å². The van der Waals surface area contributed by atoms with Crippen molar-refractivity contribution in [2.24, 2.45) is 0 Å². The summed E-state index contributed by atoms with van der Waals surface area (Å²) in [4.78, 5) is 21.0. The van der Waals surface area contributed by atoms with E-state index in [9.17, 15) is 4.79 Å². The van der Waals surface area contributed by atoms with E-state index >= 15 is 0 Å². The van der Waals surface area contributed by atoms with Crippen LogP contribution in [0.25, 0.3) is 0 Å². The normalized spacial score (nSPS) is 16.8. The number of nitrogens with one attached hydrogen (secondary N) is 2. The van der Waals surface area contributed by atoms with Crippen LogP contribution in [-0.4, -0.2) is 35.1 Å². The maximum Gasteiger partial charge on any atom is 0.270 e. The van der Waals surface area contributed by atoms with E-state index < -0.39 is 0 Å². The number of hydrogen-bond donors (Lipinski definition) is 2. The van der Waals surface area contributed by atoms with Crippen molar-refractivity contribution in [2.75, 3.05) is 18.5 Å². The van der Waals surface area contributed by atoms with Gasteiger partial charge < -0.3 is 15.4 Å². The smallest absolute Gasteiger partial charge is 0.270 e. The largest absolute Gasteiger partial charge is 0.376 e. The molecule has 2 N–H and O–H groups in total. The molecule has 126 valence electrons. The lowest BCUT2D eigenvalue weighted by molar-refractivity contribution is 0.0853. The Morgan fingerprint density at radius 2 is 2.04 bits per heavy atom. The van der Waals surface area contributed by atoms with E-state index in [0.717, 1.165) is 30.8 Å². The highest BCUT2D eigenvalue weighted by Gasteiger charge is 2.17. The third-order valence-electron chi connectivity index (χ3n) is 3.91. The highest BCUT2D eigenvalue weighted by Crippen LogP contribution is 2.15. The van der Waals surface area contributed by atoms with Crippen molar-refractivity contribution < 1.29 is 9.53 Å². The molecule has 1 unspecified atom stereocenters. The van der Waals surface area contributed by atoms with Crippen LogP contribution in [0.4, 0.5) is 11.6 Å². The Balaban J connectivity index is 1.68. The zero-order chi connectivity index (χ0) is 16.9. The van der Waals surface area contributed by atoms with Gasteiger partial charge in [-0.2, -0.15) is 0 Å². The Hall–Kier alpha value is -2.47. The van der Waals surface area contributed by atoms with Crippen LogP contribution in [0.3, 0.4) is 0 Å². The molecule has 0 radical (unpaired) electrons. The highest BCUT2D eigenvalue weighted by molar-refractivity contribution is 5.92. The van der Waals surface area contributed by atoms with Gasteiger partial charge in [0.2, 0.25) is 5.95 Å². The van der Waals surface area contributed by atoms with E-state index in [1.807, 2.05) is 38.1 Å². The molecule has 1 amide bonds. The van der Waals surface area contributed by atoms with Gasteiger partial charge in [-0.15, -0.1) is 0 Å². The first kappa shape index (κ1) is 16.4. The van der Waals surface area contributed by atoms with Crippen molar-refractivity contribution >= 4 is 17.5 Å². The van der Waals surface area contributed by atoms with Gasteiger partial charge in [-0.3, -0.25) is 4.79 Å². The lowest BCUT2D eigenvalue weighted by Crippen LogP contribution is -2.32. The molecule has 1 aliphatic heterocycles. The fraction of sp³-hybridized carbons (Fsp3) is 0.389. The van der Waals surface area contributed by atoms with Crippen LogP contribution in [0.15, 0.2) is 30.3 Å². The number of nitrogens with zero attached hydrogens (tertiary/aromatic N) is 2. The number of rotatable bonds is 5. The monoisotopic (exact) mass is 326 g/mol. The maximum atomic E-state index is 12.3. The molecule has 0 aliphatic carbocycles. The van der Waals surface area contributed by atoms with Crippen molar-refractivity contribution in [1.82, 2.24) is 15.3 Å². The molecule has 1 saturated heterocycles. The van der Waals surface area contributed by atoms with Crippen molar-refractivity contribution in [1.29, 1.82) is 0 Å². The number of ether oxygens (including phenoxy) is 1. The minimum atomic E-state index is -0.206. The number of carbonyl (C=O) groups excluding carboxylic acids is 1. The molecule has 3 rings (SSSR count). The molecule has 1 fully saturated rings. The zero-order valence-electron chi connectivity index (χ0n) is 14.0. The van der Waals surface area contributed by atoms with Crippen molar-refractivity contribution in [3.8, 4) is 0 Å². The summed E-state index contributed by atoms with van der Waals surface area (Å²) in [6, 6.07) is 9.61. The van der Waals surface area contributed by atoms with Gasteiger partial charge >= 0.3 is 0 Å². The molecule has 6 heteroatoms. The summed E-state index contributed by atoms with van der Waals surface area (Å²) in [6.45, 7) is 5.17. The molecule has 1 atom stereocenters. The Morgan fingerprint density at radius 1 is 1.25 bits per heavy atom. The minimum Gasteiger partial charge on any atom is -0.376 e. The summed E-state index contributed by atoms with van der Waals surface area (Å²) < 4.78 is 5.52. The number of benzene rings is 1. The number of aryl methyl sites for hydroxylation is 2. The third kappa shape index (κ3) is 4.29. The van der Waals surface area contributed by atoms with Gasteiger partial charge in [-0.05, 0) is 44.9 Å². The van der Waals surface area contributed by atoms with Crippen molar-refractivity contribution in [3.63, 3.8) is 0 Å². The van der Waals surface area contributed by atoms with E-state index in [1.165, 1.54) is 5.56 Å². The molecule has 1 aromatic heterocycles. The topological polar surface area (TPSA) is 76.1 Å². The van der Waals surface area contributed by atoms with Gasteiger partial charge in [-0.1, -0.05) is 17.7 Å². The van der Waals surface area contributed by atoms with Crippen LogP contribution in [0.5, 0.6) is 0 Å². The predicted octanol–water partition coefficient (Wildman–Crippen LogP) is 2.75. The second kappa shape index (κ2) is 7.40. The van der Waals surface area contributed by atoms with Crippen LogP contribution in [0.2, 0.25) is 0 Å². The van der Waals surface area contributed by atoms with Gasteiger partial charge in [0.15, 0.2) is 0 Å². The van der Waals surface area contributed by atoms with E-state index in [-0.39, 0.29) is 12.0 Å². The molecule has 0 spiro atoms. The second-order valence-corrected chi connectivity index (χ2v) is 6.05. The first-order chi connectivity index (χ1) is 11.6. The highest BCUT2D eigenvalue weighted by atomic mass is 16.5. The van der Waals surface area contributed by atoms with Crippen molar-refractivity contribution in [2.45, 2.75) is 32.8 Å². The summed E-state index contributed by atoms with van der Waals surface area (Å²) in [5.41, 5.74) is 3.16. The number of aromatic nitrogens is 2. The summed E-state index contributed by atoms with van der Waals surface area (Å²) in [5, 5.41) is 6.02. The third-order valence-corrected chi connectivity index (χ3v) is 3.91. The van der Waals surface area contributed by atoms with E-state index in [4.69, 9.17) is 4.74 Å². The number of amides is 1. The molecular formula is C18H22N4O2. The number of hydrogen-bond acceptors (Lipinski definition) is 5. The van der Waals surface area contributed by atoms with Crippen LogP contribution >= 0.6 is 0 Å².